The normalized spacial score (nSPS) is 35.6. The maximum atomic E-state index is 5.66. The molecule has 1 N–H and O–H groups in total. The molecule has 3 fully saturated rings. The number of rotatable bonds is 6. The van der Waals surface area contributed by atoms with Gasteiger partial charge in [0.15, 0.2) is 11.5 Å². The fraction of sp³-hybridized carbons (Fsp3) is 0.667. The highest BCUT2D eigenvalue weighted by Gasteiger charge is 2.64. The lowest BCUT2D eigenvalue weighted by molar-refractivity contribution is 0.308. The van der Waals surface area contributed by atoms with Gasteiger partial charge < -0.3 is 14.8 Å². The van der Waals surface area contributed by atoms with Crippen LogP contribution in [-0.4, -0.2) is 19.8 Å². The Morgan fingerprint density at radius 2 is 1.95 bits per heavy atom. The molecule has 0 heterocycles. The number of methoxy groups -OCH3 is 1. The van der Waals surface area contributed by atoms with E-state index in [4.69, 9.17) is 9.47 Å². The highest BCUT2D eigenvalue weighted by Crippen LogP contribution is 2.65. The molecule has 21 heavy (non-hydrogen) atoms. The van der Waals surface area contributed by atoms with Crippen molar-refractivity contribution >= 4 is 0 Å². The predicted octanol–water partition coefficient (Wildman–Crippen LogP) is 3.23. The van der Waals surface area contributed by atoms with Crippen molar-refractivity contribution in [3.8, 4) is 11.5 Å². The molecule has 0 radical (unpaired) electrons. The zero-order valence-electron chi connectivity index (χ0n) is 13.0. The van der Waals surface area contributed by atoms with E-state index in [2.05, 4.69) is 17.4 Å². The van der Waals surface area contributed by atoms with Crippen LogP contribution < -0.4 is 14.8 Å². The first-order valence-electron chi connectivity index (χ1n) is 8.35. The lowest BCUT2D eigenvalue weighted by atomic mass is 10.0. The van der Waals surface area contributed by atoms with E-state index in [1.54, 1.807) is 7.11 Å². The lowest BCUT2D eigenvalue weighted by Gasteiger charge is -2.15. The minimum absolute atomic E-state index is 0.670. The molecule has 114 valence electrons. The second-order valence-electron chi connectivity index (χ2n) is 6.78. The smallest absolute Gasteiger partial charge is 0.165 e. The van der Waals surface area contributed by atoms with Crippen LogP contribution in [0.3, 0.4) is 0 Å². The Hall–Kier alpha value is -1.22. The van der Waals surface area contributed by atoms with Gasteiger partial charge in [-0.25, -0.2) is 0 Å². The van der Waals surface area contributed by atoms with E-state index >= 15 is 0 Å². The van der Waals surface area contributed by atoms with E-state index < -0.39 is 0 Å². The Labute approximate surface area is 127 Å². The van der Waals surface area contributed by atoms with Gasteiger partial charge in [0.05, 0.1) is 13.7 Å². The predicted molar refractivity (Wildman–Crippen MR) is 82.6 cm³/mol. The number of nitrogens with one attached hydrogen (secondary N) is 1. The van der Waals surface area contributed by atoms with E-state index in [1.807, 2.05) is 13.0 Å². The van der Waals surface area contributed by atoms with Crippen molar-refractivity contribution in [3.63, 3.8) is 0 Å². The zero-order valence-corrected chi connectivity index (χ0v) is 13.0. The van der Waals surface area contributed by atoms with Crippen molar-refractivity contribution in [1.82, 2.24) is 5.32 Å². The Morgan fingerprint density at radius 3 is 2.62 bits per heavy atom. The summed E-state index contributed by atoms with van der Waals surface area (Å²) in [5.41, 5.74) is 1.21. The molecule has 4 atom stereocenters. The van der Waals surface area contributed by atoms with Crippen molar-refractivity contribution in [2.45, 2.75) is 38.8 Å². The Bertz CT molecular complexity index is 514. The standard InChI is InChI=1S/C18H25NO2/c1-3-21-14-6-4-5-13(18(14)20-2)10-19-17-15-11-7-8-12(9-11)16(15)17/h4-6,11-12,15-17,19H,3,7-10H2,1-2H3. The Balaban J connectivity index is 1.42. The van der Waals surface area contributed by atoms with Crippen LogP contribution in [0.5, 0.6) is 11.5 Å². The van der Waals surface area contributed by atoms with Crippen LogP contribution >= 0.6 is 0 Å². The maximum absolute atomic E-state index is 5.66. The van der Waals surface area contributed by atoms with Gasteiger partial charge in [0, 0.05) is 18.2 Å². The topological polar surface area (TPSA) is 30.5 Å². The second-order valence-corrected chi connectivity index (χ2v) is 6.78. The molecular weight excluding hydrogens is 262 g/mol. The summed E-state index contributed by atoms with van der Waals surface area (Å²) in [6, 6.07) is 6.94. The van der Waals surface area contributed by atoms with E-state index in [0.717, 1.165) is 47.8 Å². The van der Waals surface area contributed by atoms with Gasteiger partial charge in [-0.05, 0) is 55.9 Å². The first-order chi connectivity index (χ1) is 10.3. The third-order valence-electron chi connectivity index (χ3n) is 5.83. The van der Waals surface area contributed by atoms with Crippen molar-refractivity contribution in [3.05, 3.63) is 23.8 Å². The molecule has 3 saturated carbocycles. The summed E-state index contributed by atoms with van der Waals surface area (Å²) in [5.74, 6) is 5.74. The molecule has 0 amide bonds. The van der Waals surface area contributed by atoms with E-state index in [1.165, 1.54) is 24.8 Å². The van der Waals surface area contributed by atoms with Gasteiger partial charge in [-0.2, -0.15) is 0 Å². The quantitative estimate of drug-likeness (QED) is 0.871. The fourth-order valence-electron chi connectivity index (χ4n) is 5.03. The highest BCUT2D eigenvalue weighted by atomic mass is 16.5. The fourth-order valence-corrected chi connectivity index (χ4v) is 5.03. The third kappa shape index (κ3) is 2.13. The summed E-state index contributed by atoms with van der Waals surface area (Å²) in [7, 11) is 1.73. The molecular formula is C18H25NO2. The van der Waals surface area contributed by atoms with Crippen LogP contribution in [0.25, 0.3) is 0 Å². The number of ether oxygens (including phenoxy) is 2. The van der Waals surface area contributed by atoms with Crippen molar-refractivity contribution in [2.75, 3.05) is 13.7 Å². The monoisotopic (exact) mass is 287 g/mol. The van der Waals surface area contributed by atoms with Gasteiger partial charge in [-0.15, -0.1) is 0 Å². The first-order valence-corrected chi connectivity index (χ1v) is 8.35. The maximum Gasteiger partial charge on any atom is 0.165 e. The number of hydrogen-bond donors (Lipinski definition) is 1. The molecule has 0 aromatic heterocycles. The van der Waals surface area contributed by atoms with Gasteiger partial charge >= 0.3 is 0 Å². The Morgan fingerprint density at radius 1 is 1.19 bits per heavy atom. The van der Waals surface area contributed by atoms with Crippen molar-refractivity contribution < 1.29 is 9.47 Å². The third-order valence-corrected chi connectivity index (χ3v) is 5.83. The highest BCUT2D eigenvalue weighted by molar-refractivity contribution is 5.46. The van der Waals surface area contributed by atoms with E-state index in [9.17, 15) is 0 Å². The van der Waals surface area contributed by atoms with Crippen LogP contribution in [0.4, 0.5) is 0 Å². The number of fused-ring (bicyclic) bond motifs is 5. The summed E-state index contributed by atoms with van der Waals surface area (Å²) in [4.78, 5) is 0. The van der Waals surface area contributed by atoms with Gasteiger partial charge in [-0.1, -0.05) is 12.1 Å². The minimum atomic E-state index is 0.670. The van der Waals surface area contributed by atoms with Crippen LogP contribution in [-0.2, 0) is 6.54 Å². The van der Waals surface area contributed by atoms with Crippen LogP contribution in [0.2, 0.25) is 0 Å². The van der Waals surface area contributed by atoms with Gasteiger partial charge in [0.25, 0.3) is 0 Å². The SMILES string of the molecule is CCOc1cccc(CNC2C3C4CCC(C4)C23)c1OC. The second kappa shape index (κ2) is 5.20. The van der Waals surface area contributed by atoms with Crippen molar-refractivity contribution in [2.24, 2.45) is 23.7 Å². The number of benzene rings is 1. The van der Waals surface area contributed by atoms with Gasteiger partial charge in [-0.3, -0.25) is 0 Å². The summed E-state index contributed by atoms with van der Waals surface area (Å²) in [6.07, 6.45) is 4.47. The largest absolute Gasteiger partial charge is 0.493 e. The first kappa shape index (κ1) is 13.4. The number of para-hydroxylation sites is 1. The molecule has 4 rings (SSSR count). The molecule has 2 bridgehead atoms. The van der Waals surface area contributed by atoms with Crippen molar-refractivity contribution in [1.29, 1.82) is 0 Å². The summed E-state index contributed by atoms with van der Waals surface area (Å²) >= 11 is 0. The summed E-state index contributed by atoms with van der Waals surface area (Å²) in [5, 5.41) is 3.78. The molecule has 3 aliphatic carbocycles. The molecule has 4 unspecified atom stereocenters. The summed E-state index contributed by atoms with van der Waals surface area (Å²) < 4.78 is 11.2. The molecule has 1 aromatic carbocycles. The lowest BCUT2D eigenvalue weighted by Crippen LogP contribution is -2.22. The molecule has 1 aromatic rings. The van der Waals surface area contributed by atoms with Crippen LogP contribution in [0.15, 0.2) is 18.2 Å². The molecule has 3 nitrogen and oxygen atoms in total. The average molecular weight is 287 g/mol. The van der Waals surface area contributed by atoms with E-state index in [0.29, 0.717) is 6.61 Å². The molecule has 3 aliphatic rings. The minimum Gasteiger partial charge on any atom is -0.493 e. The van der Waals surface area contributed by atoms with Gasteiger partial charge in [0.1, 0.15) is 0 Å². The summed E-state index contributed by atoms with van der Waals surface area (Å²) in [6.45, 7) is 3.57. The number of hydrogen-bond acceptors (Lipinski definition) is 3. The molecule has 0 spiro atoms. The van der Waals surface area contributed by atoms with Crippen LogP contribution in [0.1, 0.15) is 31.7 Å². The Kier molecular flexibility index (Phi) is 3.33. The van der Waals surface area contributed by atoms with Gasteiger partial charge in [0.2, 0.25) is 0 Å². The zero-order chi connectivity index (χ0) is 14.4. The van der Waals surface area contributed by atoms with E-state index in [-0.39, 0.29) is 0 Å². The molecule has 0 saturated heterocycles. The molecule has 0 aliphatic heterocycles. The molecule has 3 heteroatoms. The average Bonchev–Trinajstić information content (AvgIpc) is 2.88. The van der Waals surface area contributed by atoms with Crippen LogP contribution in [0, 0.1) is 23.7 Å².